The van der Waals surface area contributed by atoms with Crippen LogP contribution in [0.3, 0.4) is 0 Å². The van der Waals surface area contributed by atoms with Crippen molar-refractivity contribution in [2.75, 3.05) is 32.8 Å². The predicted molar refractivity (Wildman–Crippen MR) is 107 cm³/mol. The van der Waals surface area contributed by atoms with Crippen LogP contribution >= 0.6 is 0 Å². The molecule has 1 aliphatic heterocycles. The highest BCUT2D eigenvalue weighted by Crippen LogP contribution is 2.33. The lowest BCUT2D eigenvalue weighted by atomic mass is 9.98. The van der Waals surface area contributed by atoms with E-state index in [0.717, 1.165) is 24.0 Å². The lowest BCUT2D eigenvalue weighted by molar-refractivity contribution is -0.129. The van der Waals surface area contributed by atoms with Crippen molar-refractivity contribution in [3.63, 3.8) is 0 Å². The topological polar surface area (TPSA) is 66.9 Å². The van der Waals surface area contributed by atoms with Crippen LogP contribution in [0, 0.1) is 6.92 Å². The van der Waals surface area contributed by atoms with Crippen molar-refractivity contribution in [3.05, 3.63) is 23.3 Å². The van der Waals surface area contributed by atoms with Crippen LogP contribution in [0.1, 0.15) is 57.6 Å². The summed E-state index contributed by atoms with van der Waals surface area (Å²) in [5.74, 6) is 0.630. The molecule has 7 heteroatoms. The number of unbranched alkanes of at least 4 members (excludes halogenated alkanes) is 1. The first-order valence-electron chi connectivity index (χ1n) is 9.71. The Labute approximate surface area is 163 Å². The molecule has 0 unspecified atom stereocenters. The van der Waals surface area contributed by atoms with Gasteiger partial charge in [0.05, 0.1) is 6.61 Å². The van der Waals surface area contributed by atoms with Crippen molar-refractivity contribution in [2.24, 2.45) is 0 Å². The highest BCUT2D eigenvalue weighted by Gasteiger charge is 2.32. The molecule has 27 heavy (non-hydrogen) atoms. The van der Waals surface area contributed by atoms with Crippen LogP contribution < -0.4 is 4.74 Å². The quantitative estimate of drug-likeness (QED) is 0.664. The smallest absolute Gasteiger partial charge is 0.246 e. The van der Waals surface area contributed by atoms with Gasteiger partial charge in [0.15, 0.2) is 0 Å². The maximum atomic E-state index is 13.3. The van der Waals surface area contributed by atoms with Crippen molar-refractivity contribution >= 4 is 15.9 Å². The number of sulfonamides is 1. The summed E-state index contributed by atoms with van der Waals surface area (Å²) in [7, 11) is -3.68. The second-order valence-electron chi connectivity index (χ2n) is 7.42. The number of carbonyl (C=O) groups is 1. The monoisotopic (exact) mass is 396 g/mol. The first-order valence-corrected chi connectivity index (χ1v) is 11.2. The van der Waals surface area contributed by atoms with E-state index in [2.05, 4.69) is 20.8 Å². The normalized spacial score (nSPS) is 16.0. The molecule has 0 aliphatic carbocycles. The van der Waals surface area contributed by atoms with Crippen LogP contribution in [0.5, 0.6) is 5.75 Å². The first-order chi connectivity index (χ1) is 12.7. The maximum absolute atomic E-state index is 13.3. The minimum atomic E-state index is -3.68. The van der Waals surface area contributed by atoms with E-state index in [-0.39, 0.29) is 16.7 Å². The largest absolute Gasteiger partial charge is 0.492 e. The number of nitrogens with zero attached hydrogens (tertiary/aromatic N) is 2. The molecular formula is C20H32N2O4S. The molecular weight excluding hydrogens is 364 g/mol. The zero-order valence-corrected chi connectivity index (χ0v) is 17.9. The van der Waals surface area contributed by atoms with Crippen LogP contribution in [-0.2, 0) is 14.8 Å². The van der Waals surface area contributed by atoms with Crippen LogP contribution in [0.4, 0.5) is 0 Å². The molecule has 0 spiro atoms. The van der Waals surface area contributed by atoms with Gasteiger partial charge in [0.1, 0.15) is 10.6 Å². The summed E-state index contributed by atoms with van der Waals surface area (Å²) < 4.78 is 34.0. The summed E-state index contributed by atoms with van der Waals surface area (Å²) in [4.78, 5) is 13.4. The Morgan fingerprint density at radius 1 is 1.19 bits per heavy atom. The molecule has 2 rings (SSSR count). The SMILES string of the molecule is CCCCOc1cc(C)c(C(C)C)cc1S(=O)(=O)N1CCN(C(C)=O)CC1. The maximum Gasteiger partial charge on any atom is 0.246 e. The standard InChI is InChI=1S/C20H32N2O4S/c1-6-7-12-26-19-13-16(4)18(15(2)3)14-20(19)27(24,25)22-10-8-21(9-11-22)17(5)23/h13-15H,6-12H2,1-5H3. The molecule has 1 heterocycles. The van der Waals surface area contributed by atoms with Gasteiger partial charge in [-0.2, -0.15) is 4.31 Å². The summed E-state index contributed by atoms with van der Waals surface area (Å²) in [5, 5.41) is 0. The van der Waals surface area contributed by atoms with E-state index in [4.69, 9.17) is 4.74 Å². The number of amides is 1. The first kappa shape index (κ1) is 21.7. The van der Waals surface area contributed by atoms with Gasteiger partial charge >= 0.3 is 0 Å². The minimum Gasteiger partial charge on any atom is -0.492 e. The molecule has 0 aromatic heterocycles. The van der Waals surface area contributed by atoms with E-state index in [1.54, 1.807) is 11.0 Å². The number of hydrogen-bond donors (Lipinski definition) is 0. The van der Waals surface area contributed by atoms with E-state index in [0.29, 0.717) is 38.5 Å². The third-order valence-corrected chi connectivity index (χ3v) is 6.93. The van der Waals surface area contributed by atoms with Gasteiger partial charge in [-0.25, -0.2) is 8.42 Å². The average molecular weight is 397 g/mol. The van der Waals surface area contributed by atoms with Crippen LogP contribution in [0.15, 0.2) is 17.0 Å². The Balaban J connectivity index is 2.38. The van der Waals surface area contributed by atoms with Crippen molar-refractivity contribution < 1.29 is 17.9 Å². The molecule has 1 aromatic rings. The number of rotatable bonds is 7. The fraction of sp³-hybridized carbons (Fsp3) is 0.650. The van der Waals surface area contributed by atoms with Crippen LogP contribution in [0.25, 0.3) is 0 Å². The number of hydrogen-bond acceptors (Lipinski definition) is 4. The summed E-state index contributed by atoms with van der Waals surface area (Å²) in [6.45, 7) is 11.6. The number of ether oxygens (including phenoxy) is 1. The number of carbonyl (C=O) groups excluding carboxylic acids is 1. The van der Waals surface area contributed by atoms with Crippen molar-refractivity contribution in [2.45, 2.75) is 58.3 Å². The van der Waals surface area contributed by atoms with E-state index in [1.165, 1.54) is 11.2 Å². The van der Waals surface area contributed by atoms with E-state index in [9.17, 15) is 13.2 Å². The predicted octanol–water partition coefficient (Wildman–Crippen LogP) is 3.15. The van der Waals surface area contributed by atoms with E-state index in [1.807, 2.05) is 13.0 Å². The molecule has 1 fully saturated rings. The highest BCUT2D eigenvalue weighted by molar-refractivity contribution is 7.89. The van der Waals surface area contributed by atoms with Gasteiger partial charge in [0, 0.05) is 33.1 Å². The molecule has 1 saturated heterocycles. The van der Waals surface area contributed by atoms with Gasteiger partial charge in [0.25, 0.3) is 0 Å². The number of piperazine rings is 1. The van der Waals surface area contributed by atoms with Crippen LogP contribution in [-0.4, -0.2) is 56.3 Å². The number of aryl methyl sites for hydroxylation is 1. The molecule has 0 bridgehead atoms. The second-order valence-corrected chi connectivity index (χ2v) is 9.33. The molecule has 6 nitrogen and oxygen atoms in total. The molecule has 0 saturated carbocycles. The van der Waals surface area contributed by atoms with Crippen molar-refractivity contribution in [1.82, 2.24) is 9.21 Å². The Bertz CT molecular complexity index is 766. The fourth-order valence-electron chi connectivity index (χ4n) is 3.32. The molecule has 1 aromatic carbocycles. The highest BCUT2D eigenvalue weighted by atomic mass is 32.2. The second kappa shape index (κ2) is 9.06. The molecule has 0 N–H and O–H groups in total. The Hall–Kier alpha value is -1.60. The summed E-state index contributed by atoms with van der Waals surface area (Å²) >= 11 is 0. The summed E-state index contributed by atoms with van der Waals surface area (Å²) in [6, 6.07) is 3.62. The van der Waals surface area contributed by atoms with Gasteiger partial charge in [-0.15, -0.1) is 0 Å². The lowest BCUT2D eigenvalue weighted by Gasteiger charge is -2.33. The van der Waals surface area contributed by atoms with E-state index >= 15 is 0 Å². The Morgan fingerprint density at radius 2 is 1.81 bits per heavy atom. The summed E-state index contributed by atoms with van der Waals surface area (Å²) in [5.41, 5.74) is 2.05. The Morgan fingerprint density at radius 3 is 2.33 bits per heavy atom. The average Bonchev–Trinajstić information content (AvgIpc) is 2.61. The zero-order chi connectivity index (χ0) is 20.2. The number of benzene rings is 1. The van der Waals surface area contributed by atoms with E-state index < -0.39 is 10.0 Å². The minimum absolute atomic E-state index is 0.0203. The third kappa shape index (κ3) is 5.02. The lowest BCUT2D eigenvalue weighted by Crippen LogP contribution is -2.50. The van der Waals surface area contributed by atoms with Gasteiger partial charge in [-0.1, -0.05) is 27.2 Å². The molecule has 1 aliphatic rings. The molecule has 0 radical (unpaired) electrons. The van der Waals surface area contributed by atoms with Gasteiger partial charge in [-0.3, -0.25) is 4.79 Å². The van der Waals surface area contributed by atoms with Crippen molar-refractivity contribution in [1.29, 1.82) is 0 Å². The molecule has 152 valence electrons. The fourth-order valence-corrected chi connectivity index (χ4v) is 4.89. The van der Waals surface area contributed by atoms with Crippen LogP contribution in [0.2, 0.25) is 0 Å². The van der Waals surface area contributed by atoms with Crippen molar-refractivity contribution in [3.8, 4) is 5.75 Å². The van der Waals surface area contributed by atoms with Gasteiger partial charge < -0.3 is 9.64 Å². The molecule has 1 amide bonds. The Kier molecular flexibility index (Phi) is 7.28. The van der Waals surface area contributed by atoms with Gasteiger partial charge in [-0.05, 0) is 42.5 Å². The third-order valence-electron chi connectivity index (χ3n) is 5.01. The summed E-state index contributed by atoms with van der Waals surface area (Å²) in [6.07, 6.45) is 1.86. The zero-order valence-electron chi connectivity index (χ0n) is 17.1. The van der Waals surface area contributed by atoms with Gasteiger partial charge in [0.2, 0.25) is 15.9 Å². The molecule has 0 atom stereocenters.